The Bertz CT molecular complexity index is 199. The highest BCUT2D eigenvalue weighted by Crippen LogP contribution is 1.88. The number of carbonyl (C=O) groups excluding carboxylic acids is 1. The molecule has 0 aromatic rings. The van der Waals surface area contributed by atoms with Crippen LogP contribution < -0.4 is 16.2 Å². The first-order chi connectivity index (χ1) is 5.33. The van der Waals surface area contributed by atoms with Gasteiger partial charge in [0, 0.05) is 5.70 Å². The van der Waals surface area contributed by atoms with Crippen LogP contribution in [0.3, 0.4) is 0 Å². The summed E-state index contributed by atoms with van der Waals surface area (Å²) in [6, 6.07) is 0. The molecule has 0 radical (unpaired) electrons. The zero-order valence-corrected chi connectivity index (χ0v) is 6.05. The van der Waals surface area contributed by atoms with Gasteiger partial charge in [-0.15, -0.1) is 0 Å². The fourth-order valence-corrected chi connectivity index (χ4v) is 0.669. The Morgan fingerprint density at radius 2 is 2.55 bits per heavy atom. The first-order valence-electron chi connectivity index (χ1n) is 3.23. The molecule has 0 atom stereocenters. The number of amides is 1. The minimum atomic E-state index is 0.420. The van der Waals surface area contributed by atoms with Crippen molar-refractivity contribution in [3.63, 3.8) is 0 Å². The van der Waals surface area contributed by atoms with Crippen LogP contribution in [0.1, 0.15) is 0 Å². The van der Waals surface area contributed by atoms with E-state index in [1.165, 1.54) is 0 Å². The highest BCUT2D eigenvalue weighted by atomic mass is 16.1. The van der Waals surface area contributed by atoms with Gasteiger partial charge in [-0.1, -0.05) is 6.58 Å². The van der Waals surface area contributed by atoms with Gasteiger partial charge in [-0.05, 0) is 0 Å². The molecule has 0 aliphatic carbocycles. The molecule has 0 spiro atoms. The lowest BCUT2D eigenvalue weighted by molar-refractivity contribution is -0.109. The molecule has 1 heterocycles. The van der Waals surface area contributed by atoms with Gasteiger partial charge in [0.05, 0.1) is 13.1 Å². The Morgan fingerprint density at radius 3 is 3.09 bits per heavy atom. The number of hydrogen-bond donors (Lipinski definition) is 3. The van der Waals surface area contributed by atoms with E-state index in [2.05, 4.69) is 27.7 Å². The molecular formula is C6H10N4O. The van der Waals surface area contributed by atoms with E-state index >= 15 is 0 Å². The van der Waals surface area contributed by atoms with Crippen LogP contribution in [0.4, 0.5) is 0 Å². The minimum absolute atomic E-state index is 0.420. The van der Waals surface area contributed by atoms with Crippen LogP contribution in [0.15, 0.2) is 17.3 Å². The Balaban J connectivity index is 2.35. The van der Waals surface area contributed by atoms with Crippen molar-refractivity contribution in [3.8, 4) is 0 Å². The van der Waals surface area contributed by atoms with Crippen molar-refractivity contribution in [2.45, 2.75) is 0 Å². The van der Waals surface area contributed by atoms with E-state index in [1.54, 1.807) is 0 Å². The molecule has 5 heteroatoms. The van der Waals surface area contributed by atoms with Gasteiger partial charge in [0.15, 0.2) is 0 Å². The third-order valence-electron chi connectivity index (χ3n) is 1.20. The predicted molar refractivity (Wildman–Crippen MR) is 41.8 cm³/mol. The summed E-state index contributed by atoms with van der Waals surface area (Å²) in [5.41, 5.74) is 6.41. The number of nitrogens with one attached hydrogen (secondary N) is 3. The van der Waals surface area contributed by atoms with Crippen LogP contribution in [0.25, 0.3) is 0 Å². The number of amidine groups is 1. The van der Waals surface area contributed by atoms with Crippen LogP contribution in [-0.4, -0.2) is 25.3 Å². The molecule has 0 saturated carbocycles. The molecule has 1 aliphatic rings. The molecule has 0 fully saturated rings. The Morgan fingerprint density at radius 1 is 1.73 bits per heavy atom. The first-order valence-corrected chi connectivity index (χ1v) is 3.23. The van der Waals surface area contributed by atoms with Crippen molar-refractivity contribution in [2.24, 2.45) is 4.99 Å². The molecule has 11 heavy (non-hydrogen) atoms. The Labute approximate surface area is 64.5 Å². The maximum Gasteiger partial charge on any atom is 0.207 e. The number of carbonyl (C=O) groups is 1. The van der Waals surface area contributed by atoms with Gasteiger partial charge in [-0.3, -0.25) is 15.2 Å². The summed E-state index contributed by atoms with van der Waals surface area (Å²) in [5, 5.41) is 2.49. The van der Waals surface area contributed by atoms with Crippen molar-refractivity contribution in [1.29, 1.82) is 0 Å². The predicted octanol–water partition coefficient (Wildman–Crippen LogP) is -1.25. The van der Waals surface area contributed by atoms with Crippen LogP contribution in [0.2, 0.25) is 0 Å². The molecule has 1 aliphatic heterocycles. The average molecular weight is 154 g/mol. The van der Waals surface area contributed by atoms with Crippen LogP contribution in [0.5, 0.6) is 0 Å². The van der Waals surface area contributed by atoms with Crippen molar-refractivity contribution >= 4 is 12.2 Å². The number of nitrogens with zero attached hydrogens (tertiary/aromatic N) is 1. The van der Waals surface area contributed by atoms with Gasteiger partial charge in [0.25, 0.3) is 0 Å². The summed E-state index contributed by atoms with van der Waals surface area (Å²) < 4.78 is 0. The lowest BCUT2D eigenvalue weighted by Gasteiger charge is -2.17. The maximum atomic E-state index is 9.88. The fraction of sp³-hybridized carbons (Fsp3) is 0.333. The van der Waals surface area contributed by atoms with Crippen molar-refractivity contribution < 1.29 is 4.79 Å². The zero-order valence-electron chi connectivity index (χ0n) is 6.05. The monoisotopic (exact) mass is 154 g/mol. The van der Waals surface area contributed by atoms with Crippen molar-refractivity contribution in [1.82, 2.24) is 16.2 Å². The molecule has 5 nitrogen and oxygen atoms in total. The minimum Gasteiger partial charge on any atom is -0.351 e. The first kappa shape index (κ1) is 7.59. The summed E-state index contributed by atoms with van der Waals surface area (Å²) in [7, 11) is 0. The van der Waals surface area contributed by atoms with E-state index in [9.17, 15) is 4.79 Å². The molecule has 3 N–H and O–H groups in total. The summed E-state index contributed by atoms with van der Waals surface area (Å²) in [6.07, 6.45) is 0.633. The van der Waals surface area contributed by atoms with Gasteiger partial charge in [0.2, 0.25) is 6.41 Å². The molecule has 0 bridgehead atoms. The zero-order chi connectivity index (χ0) is 8.10. The smallest absolute Gasteiger partial charge is 0.207 e. The second kappa shape index (κ2) is 3.60. The SMILES string of the molecule is C=C1CN=C(CNC=O)NN1. The van der Waals surface area contributed by atoms with E-state index in [1.807, 2.05) is 0 Å². The van der Waals surface area contributed by atoms with E-state index in [0.29, 0.717) is 25.3 Å². The fourth-order valence-electron chi connectivity index (χ4n) is 0.669. The van der Waals surface area contributed by atoms with E-state index in [0.717, 1.165) is 5.70 Å². The third kappa shape index (κ3) is 2.29. The second-order valence-electron chi connectivity index (χ2n) is 2.12. The van der Waals surface area contributed by atoms with Gasteiger partial charge in [0.1, 0.15) is 5.84 Å². The molecule has 0 unspecified atom stereocenters. The molecule has 0 aromatic heterocycles. The summed E-state index contributed by atoms with van der Waals surface area (Å²) in [4.78, 5) is 14.0. The Kier molecular flexibility index (Phi) is 2.48. The topological polar surface area (TPSA) is 65.5 Å². The standard InChI is InChI=1S/C6H10N4O/c1-5-2-8-6(10-9-5)3-7-4-11/h4,9H,1-3H2,(H,7,11)(H,8,10). The second-order valence-corrected chi connectivity index (χ2v) is 2.12. The van der Waals surface area contributed by atoms with Crippen molar-refractivity contribution in [3.05, 3.63) is 12.3 Å². The molecule has 1 rings (SSSR count). The quantitative estimate of drug-likeness (QED) is 0.445. The molecule has 60 valence electrons. The lowest BCUT2D eigenvalue weighted by atomic mass is 10.4. The van der Waals surface area contributed by atoms with Gasteiger partial charge in [-0.25, -0.2) is 0 Å². The van der Waals surface area contributed by atoms with E-state index in [4.69, 9.17) is 0 Å². The number of rotatable bonds is 3. The largest absolute Gasteiger partial charge is 0.351 e. The number of aliphatic imine (C=N–C) groups is 1. The summed E-state index contributed by atoms with van der Waals surface area (Å²) in [5.74, 6) is 0.713. The maximum absolute atomic E-state index is 9.88. The highest BCUT2D eigenvalue weighted by Gasteiger charge is 2.03. The van der Waals surface area contributed by atoms with Gasteiger partial charge in [-0.2, -0.15) is 0 Å². The molecule has 0 aromatic carbocycles. The number of hydrogen-bond acceptors (Lipinski definition) is 4. The van der Waals surface area contributed by atoms with E-state index in [-0.39, 0.29) is 0 Å². The van der Waals surface area contributed by atoms with Gasteiger partial charge >= 0.3 is 0 Å². The lowest BCUT2D eigenvalue weighted by Crippen LogP contribution is -2.45. The molecule has 1 amide bonds. The van der Waals surface area contributed by atoms with Crippen LogP contribution >= 0.6 is 0 Å². The van der Waals surface area contributed by atoms with Crippen molar-refractivity contribution in [2.75, 3.05) is 13.1 Å². The Hall–Kier alpha value is -1.52. The molecular weight excluding hydrogens is 144 g/mol. The normalized spacial score (nSPS) is 16.0. The van der Waals surface area contributed by atoms with Crippen LogP contribution in [-0.2, 0) is 4.79 Å². The molecule has 0 saturated heterocycles. The third-order valence-corrected chi connectivity index (χ3v) is 1.20. The average Bonchev–Trinajstić information content (AvgIpc) is 2.04. The summed E-state index contributed by atoms with van der Waals surface area (Å²) >= 11 is 0. The van der Waals surface area contributed by atoms with Crippen LogP contribution in [0, 0.1) is 0 Å². The van der Waals surface area contributed by atoms with Gasteiger partial charge < -0.3 is 10.7 Å². The highest BCUT2D eigenvalue weighted by molar-refractivity contribution is 5.85. The van der Waals surface area contributed by atoms with E-state index < -0.39 is 0 Å². The summed E-state index contributed by atoms with van der Waals surface area (Å²) in [6.45, 7) is 4.64. The number of hydrazine groups is 1.